The molecule has 4 aromatic heterocycles. The van der Waals surface area contributed by atoms with E-state index in [1.807, 2.05) is 16.7 Å². The van der Waals surface area contributed by atoms with Gasteiger partial charge in [-0.1, -0.05) is 25.5 Å². The van der Waals surface area contributed by atoms with E-state index in [9.17, 15) is 9.59 Å². The minimum absolute atomic E-state index is 0.0958. The lowest BCUT2D eigenvalue weighted by Gasteiger charge is -2.38. The van der Waals surface area contributed by atoms with E-state index in [2.05, 4.69) is 39.8 Å². The van der Waals surface area contributed by atoms with E-state index in [1.165, 1.54) is 35.3 Å². The Balaban J connectivity index is 1.23. The minimum Gasteiger partial charge on any atom is -0.345 e. The molecule has 0 saturated heterocycles. The molecule has 4 aromatic rings. The first-order valence-corrected chi connectivity index (χ1v) is 10.9. The van der Waals surface area contributed by atoms with Crippen LogP contribution in [0.3, 0.4) is 0 Å². The van der Waals surface area contributed by atoms with E-state index < -0.39 is 5.91 Å². The minimum atomic E-state index is -0.403. The Morgan fingerprint density at radius 1 is 1.09 bits per heavy atom. The fourth-order valence-corrected chi connectivity index (χ4v) is 4.18. The van der Waals surface area contributed by atoms with Gasteiger partial charge in [-0.2, -0.15) is 0 Å². The van der Waals surface area contributed by atoms with Crippen molar-refractivity contribution in [1.82, 2.24) is 29.4 Å². The Kier molecular flexibility index (Phi) is 5.22. The van der Waals surface area contributed by atoms with Crippen molar-refractivity contribution >= 4 is 17.2 Å². The summed E-state index contributed by atoms with van der Waals surface area (Å²) < 4.78 is 3.38. The van der Waals surface area contributed by atoms with Crippen LogP contribution >= 0.6 is 0 Å². The normalized spacial score (nSPS) is 15.0. The summed E-state index contributed by atoms with van der Waals surface area (Å²) in [4.78, 5) is 33.6. The van der Waals surface area contributed by atoms with E-state index in [4.69, 9.17) is 0 Å². The second-order valence-corrected chi connectivity index (χ2v) is 8.89. The van der Waals surface area contributed by atoms with Crippen LogP contribution in [0, 0.1) is 5.41 Å². The molecule has 5 rings (SSSR count). The van der Waals surface area contributed by atoms with Gasteiger partial charge in [-0.25, -0.2) is 9.97 Å². The van der Waals surface area contributed by atoms with Crippen LogP contribution in [0.25, 0.3) is 11.3 Å². The molecule has 1 aliphatic rings. The van der Waals surface area contributed by atoms with Crippen molar-refractivity contribution in [1.29, 1.82) is 0 Å². The molecule has 0 unspecified atom stereocenters. The number of amides is 1. The number of pyridine rings is 2. The van der Waals surface area contributed by atoms with E-state index in [-0.39, 0.29) is 17.8 Å². The average Bonchev–Trinajstić information content (AvgIpc) is 3.18. The second-order valence-electron chi connectivity index (χ2n) is 8.89. The first-order chi connectivity index (χ1) is 15.5. The Hall–Kier alpha value is -3.52. The van der Waals surface area contributed by atoms with Gasteiger partial charge in [-0.15, -0.1) is 0 Å². The predicted octanol–water partition coefficient (Wildman–Crippen LogP) is 2.55. The van der Waals surface area contributed by atoms with E-state index in [1.54, 1.807) is 24.4 Å². The largest absolute Gasteiger partial charge is 0.345 e. The highest BCUT2D eigenvalue weighted by Crippen LogP contribution is 2.39. The highest BCUT2D eigenvalue weighted by Gasteiger charge is 2.30. The number of nitrogens with zero attached hydrogens (tertiary/aromatic N) is 4. The van der Waals surface area contributed by atoms with Crippen LogP contribution in [0.2, 0.25) is 0 Å². The van der Waals surface area contributed by atoms with Crippen LogP contribution in [-0.2, 0) is 13.1 Å². The average molecular weight is 431 g/mol. The third-order valence-electron chi connectivity index (χ3n) is 6.24. The van der Waals surface area contributed by atoms with Gasteiger partial charge in [0.05, 0.1) is 12.2 Å². The fourth-order valence-electron chi connectivity index (χ4n) is 4.18. The SMILES string of the molecule is CC1(CNCc2ccc3nc(CNC(=O)c4cc(=O)n5ccccc5n4)cn3c2)CCC1. The Labute approximate surface area is 185 Å². The monoisotopic (exact) mass is 430 g/mol. The molecule has 0 bridgehead atoms. The number of fused-ring (bicyclic) bond motifs is 2. The number of aromatic nitrogens is 4. The molecule has 0 aliphatic heterocycles. The highest BCUT2D eigenvalue weighted by molar-refractivity contribution is 5.92. The van der Waals surface area contributed by atoms with Crippen molar-refractivity contribution in [2.75, 3.05) is 6.54 Å². The first-order valence-electron chi connectivity index (χ1n) is 10.9. The van der Waals surface area contributed by atoms with Crippen molar-refractivity contribution < 1.29 is 4.79 Å². The molecule has 1 fully saturated rings. The number of nitrogens with one attached hydrogen (secondary N) is 2. The third kappa shape index (κ3) is 4.13. The maximum atomic E-state index is 12.5. The molecule has 1 aliphatic carbocycles. The van der Waals surface area contributed by atoms with E-state index in [0.29, 0.717) is 11.1 Å². The Bertz CT molecular complexity index is 1350. The van der Waals surface area contributed by atoms with Gasteiger partial charge in [-0.3, -0.25) is 14.0 Å². The molecule has 0 radical (unpaired) electrons. The van der Waals surface area contributed by atoms with Crippen molar-refractivity contribution in [2.45, 2.75) is 39.3 Å². The molecular weight excluding hydrogens is 404 g/mol. The lowest BCUT2D eigenvalue weighted by molar-refractivity contribution is 0.0945. The van der Waals surface area contributed by atoms with Crippen molar-refractivity contribution in [3.05, 3.63) is 82.3 Å². The molecule has 1 amide bonds. The Morgan fingerprint density at radius 2 is 1.97 bits per heavy atom. The standard InChI is InChI=1S/C24H26N6O2/c1-24(8-4-9-24)16-25-12-17-6-7-20-27-18(15-29(20)14-17)13-26-23(32)19-11-22(31)30-10-3-2-5-21(30)28-19/h2-3,5-7,10-11,14-15,25H,4,8-9,12-13,16H2,1H3,(H,26,32). The predicted molar refractivity (Wildman–Crippen MR) is 121 cm³/mol. The van der Waals surface area contributed by atoms with Crippen LogP contribution in [0.5, 0.6) is 0 Å². The number of rotatable bonds is 7. The van der Waals surface area contributed by atoms with Gasteiger partial charge in [-0.05, 0) is 42.0 Å². The number of hydrogen-bond acceptors (Lipinski definition) is 5. The first kappa shape index (κ1) is 20.4. The molecule has 2 N–H and O–H groups in total. The summed E-state index contributed by atoms with van der Waals surface area (Å²) in [6, 6.07) is 10.5. The smallest absolute Gasteiger partial charge is 0.270 e. The van der Waals surface area contributed by atoms with Gasteiger partial charge in [0.2, 0.25) is 0 Å². The van der Waals surface area contributed by atoms with Crippen LogP contribution in [-0.4, -0.2) is 31.2 Å². The fraction of sp³-hybridized carbons (Fsp3) is 0.333. The summed E-state index contributed by atoms with van der Waals surface area (Å²) in [6.45, 7) is 4.45. The number of carbonyl (C=O) groups excluding carboxylic acids is 1. The third-order valence-corrected chi connectivity index (χ3v) is 6.24. The quantitative estimate of drug-likeness (QED) is 0.470. The summed E-state index contributed by atoms with van der Waals surface area (Å²) in [5.74, 6) is -0.403. The topological polar surface area (TPSA) is 92.8 Å². The molecule has 32 heavy (non-hydrogen) atoms. The molecule has 0 spiro atoms. The molecule has 0 atom stereocenters. The van der Waals surface area contributed by atoms with Crippen molar-refractivity contribution in [3.63, 3.8) is 0 Å². The van der Waals surface area contributed by atoms with Gasteiger partial charge in [0.25, 0.3) is 11.5 Å². The zero-order chi connectivity index (χ0) is 22.1. The molecule has 8 heteroatoms. The van der Waals surface area contributed by atoms with Gasteiger partial charge in [0, 0.05) is 37.7 Å². The van der Waals surface area contributed by atoms with E-state index in [0.717, 1.165) is 24.4 Å². The molecule has 1 saturated carbocycles. The summed E-state index contributed by atoms with van der Waals surface area (Å²) in [5.41, 5.74) is 3.45. The lowest BCUT2D eigenvalue weighted by Crippen LogP contribution is -2.36. The molecule has 0 aromatic carbocycles. The molecule has 8 nitrogen and oxygen atoms in total. The summed E-state index contributed by atoms with van der Waals surface area (Å²) in [7, 11) is 0. The lowest BCUT2D eigenvalue weighted by atomic mass is 9.70. The zero-order valence-electron chi connectivity index (χ0n) is 18.0. The van der Waals surface area contributed by atoms with Gasteiger partial charge in [0.15, 0.2) is 0 Å². The van der Waals surface area contributed by atoms with E-state index >= 15 is 0 Å². The number of hydrogen-bond donors (Lipinski definition) is 2. The second kappa shape index (κ2) is 8.20. The maximum absolute atomic E-state index is 12.5. The summed E-state index contributed by atoms with van der Waals surface area (Å²) in [6.07, 6.45) is 9.55. The molecule has 4 heterocycles. The Morgan fingerprint density at radius 3 is 2.78 bits per heavy atom. The maximum Gasteiger partial charge on any atom is 0.270 e. The zero-order valence-corrected chi connectivity index (χ0v) is 18.0. The summed E-state index contributed by atoms with van der Waals surface area (Å²) in [5, 5.41) is 6.37. The summed E-state index contributed by atoms with van der Waals surface area (Å²) >= 11 is 0. The number of carbonyl (C=O) groups is 1. The number of imidazole rings is 1. The molecule has 164 valence electrons. The van der Waals surface area contributed by atoms with Gasteiger partial charge in [0.1, 0.15) is 17.0 Å². The highest BCUT2D eigenvalue weighted by atomic mass is 16.2. The van der Waals surface area contributed by atoms with Crippen LogP contribution in [0.15, 0.2) is 59.8 Å². The molecular formula is C24H26N6O2. The van der Waals surface area contributed by atoms with Crippen LogP contribution in [0.1, 0.15) is 47.9 Å². The van der Waals surface area contributed by atoms with Crippen molar-refractivity contribution in [2.24, 2.45) is 5.41 Å². The van der Waals surface area contributed by atoms with Crippen LogP contribution < -0.4 is 16.2 Å². The van der Waals surface area contributed by atoms with Crippen LogP contribution in [0.4, 0.5) is 0 Å². The van der Waals surface area contributed by atoms with Gasteiger partial charge < -0.3 is 15.0 Å². The van der Waals surface area contributed by atoms with Crippen molar-refractivity contribution in [3.8, 4) is 0 Å². The van der Waals surface area contributed by atoms with Gasteiger partial charge >= 0.3 is 0 Å².